The van der Waals surface area contributed by atoms with Crippen LogP contribution < -0.4 is 5.69 Å². The van der Waals surface area contributed by atoms with Crippen molar-refractivity contribution in [2.75, 3.05) is 12.4 Å². The van der Waals surface area contributed by atoms with Gasteiger partial charge in [0.15, 0.2) is 5.16 Å². The molecule has 1 aliphatic rings. The quantitative estimate of drug-likeness (QED) is 0.840. The molecule has 0 bridgehead atoms. The highest BCUT2D eigenvalue weighted by Crippen LogP contribution is 2.20. The molecule has 0 saturated carbocycles. The van der Waals surface area contributed by atoms with E-state index < -0.39 is 0 Å². The average Bonchev–Trinajstić information content (AvgIpc) is 2.89. The van der Waals surface area contributed by atoms with E-state index in [2.05, 4.69) is 32.7 Å². The van der Waals surface area contributed by atoms with E-state index in [9.17, 15) is 4.79 Å². The Morgan fingerprint density at radius 1 is 1.76 bits per heavy atom. The van der Waals surface area contributed by atoms with Crippen molar-refractivity contribution in [1.82, 2.24) is 14.8 Å². The highest BCUT2D eigenvalue weighted by molar-refractivity contribution is 9.11. The lowest BCUT2D eigenvalue weighted by Crippen LogP contribution is -2.25. The first-order chi connectivity index (χ1) is 8.16. The van der Waals surface area contributed by atoms with Gasteiger partial charge in [-0.1, -0.05) is 34.3 Å². The lowest BCUT2D eigenvalue weighted by atomic mass is 10.2. The van der Waals surface area contributed by atoms with Crippen molar-refractivity contribution in [1.29, 1.82) is 0 Å². The zero-order valence-electron chi connectivity index (χ0n) is 9.32. The van der Waals surface area contributed by atoms with Gasteiger partial charge in [0, 0.05) is 12.4 Å². The molecule has 1 fully saturated rings. The molecule has 1 atom stereocenters. The van der Waals surface area contributed by atoms with Crippen molar-refractivity contribution in [2.45, 2.75) is 30.6 Å². The summed E-state index contributed by atoms with van der Waals surface area (Å²) in [7, 11) is 0. The number of H-pyrrole nitrogens is 1. The van der Waals surface area contributed by atoms with Gasteiger partial charge in [-0.05, 0) is 17.3 Å². The van der Waals surface area contributed by atoms with Crippen LogP contribution in [0.5, 0.6) is 0 Å². The van der Waals surface area contributed by atoms with Gasteiger partial charge in [-0.3, -0.25) is 4.57 Å². The molecule has 1 unspecified atom stereocenters. The second kappa shape index (κ2) is 5.88. The molecule has 1 aromatic heterocycles. The predicted molar refractivity (Wildman–Crippen MR) is 70.6 cm³/mol. The third-order valence-electron chi connectivity index (χ3n) is 2.49. The molecule has 0 aromatic carbocycles. The van der Waals surface area contributed by atoms with Gasteiger partial charge in [-0.25, -0.2) is 9.89 Å². The first-order valence-electron chi connectivity index (χ1n) is 5.39. The summed E-state index contributed by atoms with van der Waals surface area (Å²) in [5.41, 5.74) is -0.178. The largest absolute Gasteiger partial charge is 0.376 e. The Labute approximate surface area is 112 Å². The molecule has 0 aliphatic carbocycles. The molecular formula is C10H14BrN3O2S. The molecule has 17 heavy (non-hydrogen) atoms. The molecule has 94 valence electrons. The second-order valence-electron chi connectivity index (χ2n) is 3.86. The van der Waals surface area contributed by atoms with E-state index in [1.54, 1.807) is 4.57 Å². The summed E-state index contributed by atoms with van der Waals surface area (Å²) in [5.74, 6) is 0.690. The molecule has 0 amide bonds. The van der Waals surface area contributed by atoms with Crippen LogP contribution in [0.2, 0.25) is 0 Å². The van der Waals surface area contributed by atoms with Gasteiger partial charge in [0.05, 0.1) is 12.6 Å². The number of hydrogen-bond acceptors (Lipinski definition) is 4. The van der Waals surface area contributed by atoms with Gasteiger partial charge in [-0.2, -0.15) is 0 Å². The van der Waals surface area contributed by atoms with Crippen LogP contribution in [0.25, 0.3) is 0 Å². The number of ether oxygens (including phenoxy) is 1. The summed E-state index contributed by atoms with van der Waals surface area (Å²) < 4.78 is 8.04. The van der Waals surface area contributed by atoms with E-state index in [0.29, 0.717) is 17.5 Å². The SMILES string of the molecule is C=C(Br)CSc1n[nH]c(=O)n1CC1CCCO1. The van der Waals surface area contributed by atoms with E-state index >= 15 is 0 Å². The van der Waals surface area contributed by atoms with Crippen LogP contribution in [0, 0.1) is 0 Å². The van der Waals surface area contributed by atoms with Crippen molar-refractivity contribution >= 4 is 27.7 Å². The van der Waals surface area contributed by atoms with Crippen molar-refractivity contribution in [3.8, 4) is 0 Å². The van der Waals surface area contributed by atoms with Gasteiger partial charge in [-0.15, -0.1) is 5.10 Å². The number of aromatic nitrogens is 3. The molecule has 2 heterocycles. The van der Waals surface area contributed by atoms with Crippen LogP contribution in [-0.2, 0) is 11.3 Å². The van der Waals surface area contributed by atoms with Gasteiger partial charge >= 0.3 is 5.69 Å². The van der Waals surface area contributed by atoms with E-state index in [1.165, 1.54) is 11.8 Å². The maximum atomic E-state index is 11.6. The fraction of sp³-hybridized carbons (Fsp3) is 0.600. The number of hydrogen-bond donors (Lipinski definition) is 1. The standard InChI is InChI=1S/C10H14BrN3O2S/c1-7(11)6-17-10-13-12-9(15)14(10)5-8-3-2-4-16-8/h8H,1-6H2,(H,12,15). The Balaban J connectivity index is 2.05. The minimum absolute atomic E-state index is 0.136. The highest BCUT2D eigenvalue weighted by atomic mass is 79.9. The van der Waals surface area contributed by atoms with Crippen LogP contribution in [-0.4, -0.2) is 33.2 Å². The predicted octanol–water partition coefficient (Wildman–Crippen LogP) is 1.75. The summed E-state index contributed by atoms with van der Waals surface area (Å²) in [6.07, 6.45) is 2.21. The molecule has 0 radical (unpaired) electrons. The first kappa shape index (κ1) is 12.9. The smallest absolute Gasteiger partial charge is 0.344 e. The third kappa shape index (κ3) is 3.46. The summed E-state index contributed by atoms with van der Waals surface area (Å²) in [4.78, 5) is 11.6. The van der Waals surface area contributed by atoms with Gasteiger partial charge in [0.2, 0.25) is 0 Å². The summed E-state index contributed by atoms with van der Waals surface area (Å²) in [6.45, 7) is 5.12. The minimum atomic E-state index is -0.178. The molecule has 2 rings (SSSR count). The number of thioether (sulfide) groups is 1. The topological polar surface area (TPSA) is 59.9 Å². The zero-order chi connectivity index (χ0) is 12.3. The number of rotatable bonds is 5. The summed E-state index contributed by atoms with van der Waals surface area (Å²) in [6, 6.07) is 0. The molecule has 1 saturated heterocycles. The molecule has 1 N–H and O–H groups in total. The Morgan fingerprint density at radius 2 is 2.59 bits per heavy atom. The van der Waals surface area contributed by atoms with Gasteiger partial charge < -0.3 is 4.74 Å². The van der Waals surface area contributed by atoms with Crippen LogP contribution in [0.3, 0.4) is 0 Å². The van der Waals surface area contributed by atoms with Gasteiger partial charge in [0.1, 0.15) is 0 Å². The van der Waals surface area contributed by atoms with Crippen LogP contribution in [0.15, 0.2) is 21.0 Å². The maximum Gasteiger partial charge on any atom is 0.344 e. The van der Waals surface area contributed by atoms with E-state index in [4.69, 9.17) is 4.74 Å². The molecule has 1 aliphatic heterocycles. The fourth-order valence-electron chi connectivity index (χ4n) is 1.71. The second-order valence-corrected chi connectivity index (χ2v) is 5.93. The number of nitrogens with one attached hydrogen (secondary N) is 1. The minimum Gasteiger partial charge on any atom is -0.376 e. The van der Waals surface area contributed by atoms with Crippen molar-refractivity contribution < 1.29 is 4.74 Å². The van der Waals surface area contributed by atoms with Crippen molar-refractivity contribution in [3.05, 3.63) is 21.5 Å². The zero-order valence-corrected chi connectivity index (χ0v) is 11.7. The average molecular weight is 320 g/mol. The summed E-state index contributed by atoms with van der Waals surface area (Å²) >= 11 is 4.76. The monoisotopic (exact) mass is 319 g/mol. The maximum absolute atomic E-state index is 11.6. The lowest BCUT2D eigenvalue weighted by Gasteiger charge is -2.10. The van der Waals surface area contributed by atoms with Crippen LogP contribution in [0.1, 0.15) is 12.8 Å². The molecule has 0 spiro atoms. The van der Waals surface area contributed by atoms with Crippen LogP contribution >= 0.6 is 27.7 Å². The number of nitrogens with zero attached hydrogens (tertiary/aromatic N) is 2. The van der Waals surface area contributed by atoms with Gasteiger partial charge in [0.25, 0.3) is 0 Å². The number of halogens is 1. The third-order valence-corrected chi connectivity index (χ3v) is 4.21. The van der Waals surface area contributed by atoms with Crippen molar-refractivity contribution in [3.63, 3.8) is 0 Å². The van der Waals surface area contributed by atoms with Crippen LogP contribution in [0.4, 0.5) is 0 Å². The highest BCUT2D eigenvalue weighted by Gasteiger charge is 2.19. The Hall–Kier alpha value is -0.530. The van der Waals surface area contributed by atoms with E-state index in [0.717, 1.165) is 23.9 Å². The molecule has 5 nitrogen and oxygen atoms in total. The lowest BCUT2D eigenvalue weighted by molar-refractivity contribution is 0.0941. The normalized spacial score (nSPS) is 19.7. The first-order valence-corrected chi connectivity index (χ1v) is 7.17. The molecular weight excluding hydrogens is 306 g/mol. The summed E-state index contributed by atoms with van der Waals surface area (Å²) in [5, 5.41) is 7.16. The Kier molecular flexibility index (Phi) is 4.47. The Bertz CT molecular complexity index is 451. The number of aromatic amines is 1. The Morgan fingerprint density at radius 3 is 3.24 bits per heavy atom. The molecule has 1 aromatic rings. The molecule has 7 heteroatoms. The fourth-order valence-corrected chi connectivity index (χ4v) is 2.76. The van der Waals surface area contributed by atoms with Crippen molar-refractivity contribution in [2.24, 2.45) is 0 Å². The van der Waals surface area contributed by atoms with E-state index in [-0.39, 0.29) is 11.8 Å². The van der Waals surface area contributed by atoms with E-state index in [1.807, 2.05) is 0 Å².